The molecule has 0 bridgehead atoms. The fourth-order valence-corrected chi connectivity index (χ4v) is 6.74. The number of nitrogens with one attached hydrogen (secondary N) is 2. The van der Waals surface area contributed by atoms with Crippen molar-refractivity contribution in [1.29, 1.82) is 0 Å². The van der Waals surface area contributed by atoms with Gasteiger partial charge in [-0.3, -0.25) is 14.7 Å². The summed E-state index contributed by atoms with van der Waals surface area (Å²) < 4.78 is 13.1. The van der Waals surface area contributed by atoms with Crippen LogP contribution in [0.5, 0.6) is 11.5 Å². The number of phenols is 1. The Labute approximate surface area is 288 Å². The summed E-state index contributed by atoms with van der Waals surface area (Å²) >= 11 is 0. The molecule has 0 spiro atoms. The van der Waals surface area contributed by atoms with Crippen LogP contribution in [0.15, 0.2) is 74.7 Å². The minimum absolute atomic E-state index is 0.00754. The number of nitrogens with zero attached hydrogens (tertiary/aromatic N) is 1. The zero-order valence-corrected chi connectivity index (χ0v) is 28.1. The number of quaternary nitrogens is 1. The summed E-state index contributed by atoms with van der Waals surface area (Å²) in [5, 5.41) is 65.9. The van der Waals surface area contributed by atoms with E-state index in [9.17, 15) is 35.4 Å². The Morgan fingerprint density at radius 2 is 1.96 bits per heavy atom. The summed E-state index contributed by atoms with van der Waals surface area (Å²) in [6.07, 6.45) is -0.287. The molecule has 0 saturated carbocycles. The van der Waals surface area contributed by atoms with Crippen molar-refractivity contribution in [1.82, 2.24) is 5.32 Å². The molecule has 3 aliphatic rings. The third-order valence-corrected chi connectivity index (χ3v) is 9.69. The van der Waals surface area contributed by atoms with Gasteiger partial charge in [0.15, 0.2) is 11.2 Å². The summed E-state index contributed by atoms with van der Waals surface area (Å²) in [6, 6.07) is 9.04. The Bertz CT molecular complexity index is 1870. The normalized spacial score (nSPS) is 24.2. The predicted octanol–water partition coefficient (Wildman–Crippen LogP) is -0.142. The highest BCUT2D eigenvalue weighted by Crippen LogP contribution is 2.44. The SMILES string of the molecule is CNCC[C@]1(C)Oc2c(cc3c(=O)cc(C)oc3c2[NH+]2C=C3C=CN=C3C2)C[C@H]1OOC[C@@](O)(Cc1ccc(O)cc1)[C@@H](O)[C@H](O)[C@H](O)CO. The Kier molecular flexibility index (Phi) is 10.3. The summed E-state index contributed by atoms with van der Waals surface area (Å²) in [6.45, 7) is 3.15. The number of aryl methyl sites for hydroxylation is 1. The molecule has 0 aliphatic carbocycles. The van der Waals surface area contributed by atoms with Gasteiger partial charge in [-0.05, 0) is 57.3 Å². The van der Waals surface area contributed by atoms with E-state index in [0.29, 0.717) is 58.8 Å². The molecule has 268 valence electrons. The average molecular weight is 695 g/mol. The van der Waals surface area contributed by atoms with Crippen molar-refractivity contribution in [3.05, 3.63) is 87.6 Å². The summed E-state index contributed by atoms with van der Waals surface area (Å²) in [5.74, 6) is 1.02. The lowest BCUT2D eigenvalue weighted by Gasteiger charge is -2.42. The first-order chi connectivity index (χ1) is 23.9. The van der Waals surface area contributed by atoms with E-state index in [4.69, 9.17) is 18.9 Å². The molecule has 0 fully saturated rings. The van der Waals surface area contributed by atoms with E-state index in [1.165, 1.54) is 30.3 Å². The first-order valence-corrected chi connectivity index (χ1v) is 16.5. The number of aromatic hydroxyl groups is 1. The third kappa shape index (κ3) is 6.99. The van der Waals surface area contributed by atoms with E-state index in [-0.39, 0.29) is 24.0 Å². The number of aliphatic hydroxyl groups is 5. The molecule has 1 unspecified atom stereocenters. The monoisotopic (exact) mass is 694 g/mol. The van der Waals surface area contributed by atoms with Crippen LogP contribution in [-0.2, 0) is 22.6 Å². The fraction of sp³-hybridized carbons (Fsp3) is 0.444. The van der Waals surface area contributed by atoms with Gasteiger partial charge in [0.25, 0.3) is 0 Å². The van der Waals surface area contributed by atoms with Crippen molar-refractivity contribution >= 4 is 22.4 Å². The molecule has 0 saturated heterocycles. The van der Waals surface area contributed by atoms with Gasteiger partial charge in [0.2, 0.25) is 11.3 Å². The van der Waals surface area contributed by atoms with Crippen LogP contribution in [0.4, 0.5) is 5.69 Å². The van der Waals surface area contributed by atoms with Gasteiger partial charge in [-0.1, -0.05) is 12.1 Å². The minimum atomic E-state index is -2.22. The number of hydrogen-bond donors (Lipinski definition) is 8. The quantitative estimate of drug-likeness (QED) is 0.0820. The second-order valence-electron chi connectivity index (χ2n) is 13.5. The van der Waals surface area contributed by atoms with Crippen molar-refractivity contribution < 1.29 is 54.5 Å². The van der Waals surface area contributed by atoms with Crippen LogP contribution >= 0.6 is 0 Å². The summed E-state index contributed by atoms with van der Waals surface area (Å²) in [7, 11) is 1.81. The maximum Gasteiger partial charge on any atom is 0.222 e. The first kappa shape index (κ1) is 35.9. The summed E-state index contributed by atoms with van der Waals surface area (Å²) in [5.41, 5.74) is 0.733. The van der Waals surface area contributed by atoms with Crippen LogP contribution in [0.2, 0.25) is 0 Å². The Morgan fingerprint density at radius 1 is 1.20 bits per heavy atom. The molecule has 7 atom stereocenters. The maximum atomic E-state index is 13.3. The van der Waals surface area contributed by atoms with Gasteiger partial charge >= 0.3 is 0 Å². The number of benzene rings is 2. The highest BCUT2D eigenvalue weighted by Gasteiger charge is 2.48. The lowest BCUT2D eigenvalue weighted by Crippen LogP contribution is -3.01. The predicted molar refractivity (Wildman–Crippen MR) is 181 cm³/mol. The van der Waals surface area contributed by atoms with Crippen LogP contribution in [0.25, 0.3) is 11.0 Å². The molecule has 4 heterocycles. The van der Waals surface area contributed by atoms with E-state index in [1.54, 1.807) is 19.2 Å². The number of allylic oxidation sites excluding steroid dienone is 1. The largest absolute Gasteiger partial charge is 0.508 e. The van der Waals surface area contributed by atoms with Gasteiger partial charge < -0.3 is 45.1 Å². The topological polar surface area (TPSA) is 208 Å². The number of fused-ring (bicyclic) bond motifs is 3. The van der Waals surface area contributed by atoms with Crippen LogP contribution in [0, 0.1) is 6.92 Å². The van der Waals surface area contributed by atoms with Gasteiger partial charge in [0, 0.05) is 37.1 Å². The van der Waals surface area contributed by atoms with Crippen LogP contribution in [0.1, 0.15) is 30.2 Å². The number of rotatable bonds is 14. The van der Waals surface area contributed by atoms with E-state index < -0.39 is 48.8 Å². The lowest BCUT2D eigenvalue weighted by atomic mass is 9.85. The van der Waals surface area contributed by atoms with Gasteiger partial charge in [-0.2, -0.15) is 0 Å². The number of ether oxygens (including phenoxy) is 1. The van der Waals surface area contributed by atoms with Crippen molar-refractivity contribution in [2.75, 3.05) is 33.4 Å². The van der Waals surface area contributed by atoms with E-state index in [2.05, 4.69) is 10.3 Å². The number of aliphatic imine (C=N–C) groups is 1. The van der Waals surface area contributed by atoms with E-state index in [0.717, 1.165) is 16.2 Å². The Morgan fingerprint density at radius 3 is 2.66 bits per heavy atom. The molecular formula is C36H44N3O11+. The second-order valence-corrected chi connectivity index (χ2v) is 13.5. The highest BCUT2D eigenvalue weighted by molar-refractivity contribution is 6.07. The molecule has 2 aromatic carbocycles. The average Bonchev–Trinajstić information content (AvgIpc) is 3.70. The fourth-order valence-electron chi connectivity index (χ4n) is 6.74. The number of aliphatic hydroxyl groups excluding tert-OH is 4. The molecule has 50 heavy (non-hydrogen) atoms. The van der Waals surface area contributed by atoms with Crippen LogP contribution < -0.4 is 20.4 Å². The maximum absolute atomic E-state index is 13.3. The van der Waals surface area contributed by atoms with Crippen LogP contribution in [0.3, 0.4) is 0 Å². The summed E-state index contributed by atoms with van der Waals surface area (Å²) in [4.78, 5) is 30.4. The lowest BCUT2D eigenvalue weighted by molar-refractivity contribution is -0.759. The molecular weight excluding hydrogens is 650 g/mol. The van der Waals surface area contributed by atoms with Crippen LogP contribution in [-0.4, -0.2) is 105 Å². The van der Waals surface area contributed by atoms with Gasteiger partial charge in [0.1, 0.15) is 72.2 Å². The van der Waals surface area contributed by atoms with Gasteiger partial charge in [0.05, 0.1) is 17.6 Å². The molecule has 6 rings (SSSR count). The molecule has 14 heteroatoms. The standard InChI is InChI=1S/C36H43N3O11/c1-20-12-27(42)25-13-23-14-29(50-47-19-36(46,34(45)31(44)28(43)18-40)15-21-4-6-24(41)7-5-21)35(2,9-11-37-3)49-32(23)30(33(25)48-20)39-16-22-8-10-38-26(22)17-39/h4-8,10,12-13,16,28-29,31,34,37,40-41,43-46H,9,11,14-15,17-19H2,1-3H3/p+1/t28-,29-,31-,34+,35+,36+/m1/s1. The molecule has 0 amide bonds. The van der Waals surface area contributed by atoms with Gasteiger partial charge in [-0.15, -0.1) is 0 Å². The highest BCUT2D eigenvalue weighted by atomic mass is 17.2. The molecule has 8 N–H and O–H groups in total. The molecule has 14 nitrogen and oxygen atoms in total. The molecule has 1 aromatic heterocycles. The molecule has 3 aromatic rings. The van der Waals surface area contributed by atoms with Crippen molar-refractivity contribution in [3.8, 4) is 11.5 Å². The Balaban J connectivity index is 1.33. The molecule has 3 aliphatic heterocycles. The van der Waals surface area contributed by atoms with Crippen molar-refractivity contribution in [3.63, 3.8) is 0 Å². The number of phenolic OH excluding ortho intramolecular Hbond substituents is 1. The van der Waals surface area contributed by atoms with Crippen molar-refractivity contribution in [2.24, 2.45) is 4.99 Å². The molecule has 0 radical (unpaired) electrons. The zero-order chi connectivity index (χ0) is 35.8. The minimum Gasteiger partial charge on any atom is -0.508 e. The second kappa shape index (κ2) is 14.3. The zero-order valence-electron chi connectivity index (χ0n) is 28.1. The third-order valence-electron chi connectivity index (χ3n) is 9.69. The van der Waals surface area contributed by atoms with Crippen molar-refractivity contribution in [2.45, 2.75) is 68.7 Å². The number of hydrogen-bond acceptors (Lipinski definition) is 13. The first-order valence-electron chi connectivity index (χ1n) is 16.5. The Hall–Kier alpha value is -3.96. The van der Waals surface area contributed by atoms with E-state index >= 15 is 0 Å². The smallest absolute Gasteiger partial charge is 0.222 e. The van der Waals surface area contributed by atoms with E-state index in [1.807, 2.05) is 26.2 Å². The van der Waals surface area contributed by atoms with Gasteiger partial charge in [-0.25, -0.2) is 9.78 Å².